The minimum absolute atomic E-state index is 0.131. The van der Waals surface area contributed by atoms with Crippen LogP contribution in [0.1, 0.15) is 60.3 Å². The minimum atomic E-state index is -4.08. The molecule has 0 amide bonds. The normalized spacial score (nSPS) is 17.2. The summed E-state index contributed by atoms with van der Waals surface area (Å²) in [7, 11) is 0. The average Bonchev–Trinajstić information content (AvgIpc) is 2.38. The van der Waals surface area contributed by atoms with Gasteiger partial charge in [-0.15, -0.1) is 0 Å². The van der Waals surface area contributed by atoms with Crippen LogP contribution in [0.2, 0.25) is 0 Å². The van der Waals surface area contributed by atoms with Crippen molar-refractivity contribution in [3.8, 4) is 0 Å². The van der Waals surface area contributed by atoms with Crippen LogP contribution >= 0.6 is 0 Å². The van der Waals surface area contributed by atoms with Gasteiger partial charge in [0.2, 0.25) is 0 Å². The molecular formula is C15H31F3N2. The van der Waals surface area contributed by atoms with Gasteiger partial charge in [-0.25, -0.2) is 0 Å². The lowest BCUT2D eigenvalue weighted by atomic mass is 9.84. The zero-order chi connectivity index (χ0) is 15.8. The summed E-state index contributed by atoms with van der Waals surface area (Å²) >= 11 is 0. The zero-order valence-electron chi connectivity index (χ0n) is 13.6. The van der Waals surface area contributed by atoms with Crippen LogP contribution in [0.25, 0.3) is 0 Å². The minimum Gasteiger partial charge on any atom is -0.312 e. The Morgan fingerprint density at radius 1 is 1.05 bits per heavy atom. The largest absolute Gasteiger partial charge is 0.389 e. The van der Waals surface area contributed by atoms with E-state index in [1.54, 1.807) is 0 Å². The third-order valence-corrected chi connectivity index (χ3v) is 4.31. The Hall–Kier alpha value is -0.290. The molecule has 0 saturated carbocycles. The van der Waals surface area contributed by atoms with Gasteiger partial charge in [0.15, 0.2) is 0 Å². The number of hydrogen-bond donors (Lipinski definition) is 1. The summed E-state index contributed by atoms with van der Waals surface area (Å²) in [6.07, 6.45) is -2.88. The lowest BCUT2D eigenvalue weighted by molar-refractivity contribution is -0.138. The average molecular weight is 296 g/mol. The number of nitrogens with zero attached hydrogens (tertiary/aromatic N) is 1. The van der Waals surface area contributed by atoms with Crippen LogP contribution in [0, 0.1) is 0 Å². The Kier molecular flexibility index (Phi) is 8.75. The first-order chi connectivity index (χ1) is 9.25. The van der Waals surface area contributed by atoms with Gasteiger partial charge in [0.05, 0.1) is 0 Å². The fourth-order valence-corrected chi connectivity index (χ4v) is 2.90. The molecule has 0 radical (unpaired) electrons. The highest BCUT2D eigenvalue weighted by molar-refractivity contribution is 4.96. The summed E-state index contributed by atoms with van der Waals surface area (Å²) < 4.78 is 37.7. The van der Waals surface area contributed by atoms with Crippen LogP contribution in [0.15, 0.2) is 0 Å². The van der Waals surface area contributed by atoms with Crippen molar-refractivity contribution in [3.05, 3.63) is 0 Å². The molecule has 0 rings (SSSR count). The summed E-state index contributed by atoms with van der Waals surface area (Å²) in [4.78, 5) is 2.27. The van der Waals surface area contributed by atoms with E-state index >= 15 is 0 Å². The molecule has 1 N–H and O–H groups in total. The van der Waals surface area contributed by atoms with E-state index in [-0.39, 0.29) is 18.0 Å². The van der Waals surface area contributed by atoms with E-state index in [1.165, 1.54) is 0 Å². The van der Waals surface area contributed by atoms with Crippen LogP contribution in [-0.4, -0.2) is 42.3 Å². The van der Waals surface area contributed by atoms with Gasteiger partial charge in [0.1, 0.15) is 0 Å². The van der Waals surface area contributed by atoms with E-state index in [0.29, 0.717) is 0 Å². The predicted octanol–water partition coefficient (Wildman–Crippen LogP) is 4.21. The number of hydrogen-bond acceptors (Lipinski definition) is 2. The van der Waals surface area contributed by atoms with Crippen molar-refractivity contribution in [1.82, 2.24) is 10.2 Å². The molecule has 0 aromatic heterocycles. The summed E-state index contributed by atoms with van der Waals surface area (Å²) in [6.45, 7) is 12.8. The fraction of sp³-hybridized carbons (Fsp3) is 1.00. The zero-order valence-corrected chi connectivity index (χ0v) is 13.6. The van der Waals surface area contributed by atoms with Gasteiger partial charge in [-0.05, 0) is 45.8 Å². The van der Waals surface area contributed by atoms with Crippen molar-refractivity contribution < 1.29 is 13.2 Å². The molecule has 0 heterocycles. The number of likely N-dealkylation sites (N-methyl/N-ethyl adjacent to an activating group) is 1. The molecule has 2 nitrogen and oxygen atoms in total. The Labute approximate surface area is 122 Å². The highest BCUT2D eigenvalue weighted by atomic mass is 19.4. The van der Waals surface area contributed by atoms with E-state index in [0.717, 1.165) is 32.5 Å². The van der Waals surface area contributed by atoms with Crippen LogP contribution in [0.5, 0.6) is 0 Å². The summed E-state index contributed by atoms with van der Waals surface area (Å²) in [5.74, 6) is 0. The maximum absolute atomic E-state index is 12.6. The maximum atomic E-state index is 12.6. The molecule has 0 bridgehead atoms. The molecule has 2 atom stereocenters. The molecular weight excluding hydrogens is 265 g/mol. The quantitative estimate of drug-likeness (QED) is 0.650. The Morgan fingerprint density at radius 2 is 1.60 bits per heavy atom. The van der Waals surface area contributed by atoms with E-state index in [9.17, 15) is 13.2 Å². The maximum Gasteiger partial charge on any atom is 0.389 e. The predicted molar refractivity (Wildman–Crippen MR) is 79.0 cm³/mol. The van der Waals surface area contributed by atoms with Crippen LogP contribution in [0.3, 0.4) is 0 Å². The van der Waals surface area contributed by atoms with Crippen LogP contribution in [-0.2, 0) is 0 Å². The Morgan fingerprint density at radius 3 is 1.95 bits per heavy atom. The smallest absolute Gasteiger partial charge is 0.312 e. The SMILES string of the molecule is CCCNC(CCC(F)(F)F)C(C)(CC)N(CC)CC. The molecule has 0 aliphatic rings. The van der Waals surface area contributed by atoms with Gasteiger partial charge in [-0.1, -0.05) is 27.7 Å². The van der Waals surface area contributed by atoms with Gasteiger partial charge in [0.25, 0.3) is 0 Å². The first kappa shape index (κ1) is 19.7. The second-order valence-corrected chi connectivity index (χ2v) is 5.54. The number of nitrogens with one attached hydrogen (secondary N) is 1. The van der Waals surface area contributed by atoms with Gasteiger partial charge in [-0.3, -0.25) is 4.90 Å². The van der Waals surface area contributed by atoms with E-state index in [1.807, 2.05) is 6.92 Å². The number of alkyl halides is 3. The summed E-state index contributed by atoms with van der Waals surface area (Å²) in [6, 6.07) is -0.131. The third-order valence-electron chi connectivity index (χ3n) is 4.31. The molecule has 122 valence electrons. The summed E-state index contributed by atoms with van der Waals surface area (Å²) in [5.41, 5.74) is -0.232. The second kappa shape index (κ2) is 8.88. The van der Waals surface area contributed by atoms with Gasteiger partial charge in [0, 0.05) is 18.0 Å². The molecule has 0 spiro atoms. The van der Waals surface area contributed by atoms with E-state index in [4.69, 9.17) is 0 Å². The molecule has 20 heavy (non-hydrogen) atoms. The lowest BCUT2D eigenvalue weighted by Gasteiger charge is -2.46. The third kappa shape index (κ3) is 6.00. The monoisotopic (exact) mass is 296 g/mol. The summed E-state index contributed by atoms with van der Waals surface area (Å²) in [5, 5.41) is 3.34. The molecule has 0 aliphatic heterocycles. The van der Waals surface area contributed by atoms with E-state index in [2.05, 4.69) is 37.9 Å². The first-order valence-corrected chi connectivity index (χ1v) is 7.80. The van der Waals surface area contributed by atoms with Crippen molar-refractivity contribution >= 4 is 0 Å². The number of halogens is 3. The lowest BCUT2D eigenvalue weighted by Crippen LogP contribution is -2.59. The second-order valence-electron chi connectivity index (χ2n) is 5.54. The Bertz CT molecular complexity index is 252. The number of rotatable bonds is 10. The van der Waals surface area contributed by atoms with Crippen LogP contribution in [0.4, 0.5) is 13.2 Å². The van der Waals surface area contributed by atoms with Crippen molar-refractivity contribution in [3.63, 3.8) is 0 Å². The van der Waals surface area contributed by atoms with E-state index < -0.39 is 12.6 Å². The molecule has 2 unspecified atom stereocenters. The standard InChI is InChI=1S/C15H31F3N2/c1-6-12-19-13(10-11-15(16,17)18)14(5,7-2)20(8-3)9-4/h13,19H,6-12H2,1-5H3. The van der Waals surface area contributed by atoms with Crippen molar-refractivity contribution in [1.29, 1.82) is 0 Å². The Balaban J connectivity index is 5.02. The van der Waals surface area contributed by atoms with Crippen molar-refractivity contribution in [2.75, 3.05) is 19.6 Å². The van der Waals surface area contributed by atoms with Gasteiger partial charge >= 0.3 is 6.18 Å². The first-order valence-electron chi connectivity index (χ1n) is 7.80. The fourth-order valence-electron chi connectivity index (χ4n) is 2.90. The molecule has 0 aromatic rings. The molecule has 0 saturated heterocycles. The molecule has 0 fully saturated rings. The molecule has 0 aromatic carbocycles. The van der Waals surface area contributed by atoms with Crippen molar-refractivity contribution in [2.24, 2.45) is 0 Å². The van der Waals surface area contributed by atoms with Gasteiger partial charge in [-0.2, -0.15) is 13.2 Å². The van der Waals surface area contributed by atoms with Crippen molar-refractivity contribution in [2.45, 2.75) is 78.1 Å². The highest BCUT2D eigenvalue weighted by Crippen LogP contribution is 2.30. The molecule has 5 heteroatoms. The van der Waals surface area contributed by atoms with Crippen LogP contribution < -0.4 is 5.32 Å². The van der Waals surface area contributed by atoms with Gasteiger partial charge < -0.3 is 5.32 Å². The molecule has 0 aliphatic carbocycles. The topological polar surface area (TPSA) is 15.3 Å². The highest BCUT2D eigenvalue weighted by Gasteiger charge is 2.39.